The molecule has 1 atom stereocenters. The number of nitrogens with zero attached hydrogens (tertiary/aromatic N) is 1. The first-order valence-corrected chi connectivity index (χ1v) is 5.16. The molecule has 12 heavy (non-hydrogen) atoms. The molecule has 4 nitrogen and oxygen atoms in total. The third kappa shape index (κ3) is 3.69. The fourth-order valence-electron chi connectivity index (χ4n) is 0.585. The van der Waals surface area contributed by atoms with Crippen LogP contribution in [0.5, 0.6) is 0 Å². The van der Waals surface area contributed by atoms with E-state index < -0.39 is 20.8 Å². The van der Waals surface area contributed by atoms with Gasteiger partial charge in [0, 0.05) is 5.54 Å². The third-order valence-corrected chi connectivity index (χ3v) is 3.03. The maximum atomic E-state index is 11.2. The van der Waals surface area contributed by atoms with E-state index in [-0.39, 0.29) is 0 Å². The van der Waals surface area contributed by atoms with Crippen LogP contribution in [0, 0.1) is 11.3 Å². The summed E-state index contributed by atoms with van der Waals surface area (Å²) in [5.41, 5.74) is -0.524. The molecule has 70 valence electrons. The number of nitriles is 1. The second kappa shape index (κ2) is 3.42. The van der Waals surface area contributed by atoms with E-state index in [0.717, 1.165) is 0 Å². The van der Waals surface area contributed by atoms with Crippen molar-refractivity contribution in [2.45, 2.75) is 38.5 Å². The van der Waals surface area contributed by atoms with E-state index in [1.54, 1.807) is 26.8 Å². The predicted octanol–water partition coefficient (Wildman–Crippen LogP) is 0.616. The van der Waals surface area contributed by atoms with E-state index >= 15 is 0 Å². The molecule has 0 aliphatic heterocycles. The van der Waals surface area contributed by atoms with Crippen molar-refractivity contribution in [3.63, 3.8) is 0 Å². The van der Waals surface area contributed by atoms with Crippen LogP contribution < -0.4 is 4.72 Å². The maximum absolute atomic E-state index is 11.2. The monoisotopic (exact) mass is 190 g/mol. The maximum Gasteiger partial charge on any atom is 0.228 e. The molecular formula is C7H14N2O2S. The lowest BCUT2D eigenvalue weighted by Gasteiger charge is -2.20. The number of rotatable bonds is 2. The van der Waals surface area contributed by atoms with Crippen molar-refractivity contribution in [1.82, 2.24) is 4.72 Å². The summed E-state index contributed by atoms with van der Waals surface area (Å²) in [5.74, 6) is 0. The second-order valence-corrected chi connectivity index (χ2v) is 5.67. The summed E-state index contributed by atoms with van der Waals surface area (Å²) in [6.07, 6.45) is 0. The minimum atomic E-state index is -3.48. The summed E-state index contributed by atoms with van der Waals surface area (Å²) < 4.78 is 24.9. The topological polar surface area (TPSA) is 70.0 Å². The highest BCUT2D eigenvalue weighted by atomic mass is 32.2. The summed E-state index contributed by atoms with van der Waals surface area (Å²) >= 11 is 0. The van der Waals surface area contributed by atoms with Crippen LogP contribution >= 0.6 is 0 Å². The summed E-state index contributed by atoms with van der Waals surface area (Å²) in [4.78, 5) is 0. The Hall–Kier alpha value is -0.600. The highest BCUT2D eigenvalue weighted by Gasteiger charge is 2.25. The molecule has 0 aromatic heterocycles. The number of hydrogen-bond donors (Lipinski definition) is 1. The molecule has 1 unspecified atom stereocenters. The predicted molar refractivity (Wildman–Crippen MR) is 46.9 cm³/mol. The van der Waals surface area contributed by atoms with Gasteiger partial charge in [0.1, 0.15) is 0 Å². The average molecular weight is 190 g/mol. The van der Waals surface area contributed by atoms with Crippen molar-refractivity contribution in [2.75, 3.05) is 0 Å². The Balaban J connectivity index is 4.60. The largest absolute Gasteiger partial charge is 0.228 e. The van der Waals surface area contributed by atoms with Crippen LogP contribution in [0.1, 0.15) is 27.7 Å². The van der Waals surface area contributed by atoms with Gasteiger partial charge in [-0.25, -0.2) is 13.1 Å². The normalized spacial score (nSPS) is 15.2. The van der Waals surface area contributed by atoms with Crippen molar-refractivity contribution >= 4 is 10.0 Å². The standard InChI is InChI=1S/C7H14N2O2S/c1-6(5-8)12(10,11)9-7(2,3)4/h6,9H,1-4H3. The van der Waals surface area contributed by atoms with Gasteiger partial charge in [-0.1, -0.05) is 0 Å². The molecule has 0 heterocycles. The summed E-state index contributed by atoms with van der Waals surface area (Å²) in [6.45, 7) is 6.55. The molecule has 0 spiro atoms. The van der Waals surface area contributed by atoms with E-state index in [2.05, 4.69) is 4.72 Å². The molecule has 0 aliphatic rings. The molecule has 5 heteroatoms. The summed E-state index contributed by atoms with van der Waals surface area (Å²) in [7, 11) is -3.48. The van der Waals surface area contributed by atoms with Crippen molar-refractivity contribution in [2.24, 2.45) is 0 Å². The van der Waals surface area contributed by atoms with E-state index in [0.29, 0.717) is 0 Å². The van der Waals surface area contributed by atoms with E-state index in [9.17, 15) is 8.42 Å². The molecule has 0 radical (unpaired) electrons. The van der Waals surface area contributed by atoms with Crippen LogP contribution in [0.3, 0.4) is 0 Å². The molecule has 0 amide bonds. The van der Waals surface area contributed by atoms with Crippen LogP contribution in [0.15, 0.2) is 0 Å². The van der Waals surface area contributed by atoms with Crippen LogP contribution in [0.4, 0.5) is 0 Å². The molecule has 1 N–H and O–H groups in total. The van der Waals surface area contributed by atoms with E-state index in [1.165, 1.54) is 6.92 Å². The Morgan fingerprint density at radius 1 is 1.42 bits per heavy atom. The molecule has 0 aliphatic carbocycles. The molecule has 0 bridgehead atoms. The van der Waals surface area contributed by atoms with Gasteiger partial charge in [-0.3, -0.25) is 0 Å². The van der Waals surface area contributed by atoms with Crippen LogP contribution in [0.25, 0.3) is 0 Å². The smallest absolute Gasteiger partial charge is 0.211 e. The quantitative estimate of drug-likeness (QED) is 0.693. The first-order chi connectivity index (χ1) is 5.19. The Morgan fingerprint density at radius 3 is 2.08 bits per heavy atom. The zero-order chi connectivity index (χ0) is 9.99. The van der Waals surface area contributed by atoms with Gasteiger partial charge in [-0.15, -0.1) is 0 Å². The second-order valence-electron chi connectivity index (χ2n) is 3.67. The first-order valence-electron chi connectivity index (χ1n) is 3.61. The van der Waals surface area contributed by atoms with Gasteiger partial charge in [0.2, 0.25) is 10.0 Å². The van der Waals surface area contributed by atoms with Gasteiger partial charge in [-0.2, -0.15) is 5.26 Å². The summed E-state index contributed by atoms with van der Waals surface area (Å²) in [6, 6.07) is 1.68. The number of nitrogens with one attached hydrogen (secondary N) is 1. The molecule has 0 fully saturated rings. The van der Waals surface area contributed by atoms with Gasteiger partial charge in [0.25, 0.3) is 0 Å². The Kier molecular flexibility index (Phi) is 3.25. The van der Waals surface area contributed by atoms with Crippen molar-refractivity contribution < 1.29 is 8.42 Å². The number of hydrogen-bond acceptors (Lipinski definition) is 3. The van der Waals surface area contributed by atoms with E-state index in [1.807, 2.05) is 0 Å². The fourth-order valence-corrected chi connectivity index (χ4v) is 1.75. The molecule has 0 rings (SSSR count). The minimum Gasteiger partial charge on any atom is -0.211 e. The van der Waals surface area contributed by atoms with Gasteiger partial charge in [-0.05, 0) is 27.7 Å². The molecule has 0 saturated heterocycles. The SMILES string of the molecule is CC(C#N)S(=O)(=O)NC(C)(C)C. The van der Waals surface area contributed by atoms with Gasteiger partial charge in [0.05, 0.1) is 6.07 Å². The third-order valence-electron chi connectivity index (χ3n) is 1.10. The molecule has 0 aromatic rings. The number of sulfonamides is 1. The van der Waals surface area contributed by atoms with Crippen LogP contribution in [0.2, 0.25) is 0 Å². The lowest BCUT2D eigenvalue weighted by molar-refractivity contribution is 0.489. The average Bonchev–Trinajstić information content (AvgIpc) is 1.80. The van der Waals surface area contributed by atoms with Crippen molar-refractivity contribution in [3.8, 4) is 6.07 Å². The highest BCUT2D eigenvalue weighted by Crippen LogP contribution is 2.05. The van der Waals surface area contributed by atoms with Crippen LogP contribution in [-0.2, 0) is 10.0 Å². The Morgan fingerprint density at radius 2 is 1.83 bits per heavy atom. The Labute approximate surface area is 73.6 Å². The first kappa shape index (κ1) is 11.4. The molecule has 0 aromatic carbocycles. The lowest BCUT2D eigenvalue weighted by Crippen LogP contribution is -2.44. The van der Waals surface area contributed by atoms with Crippen molar-refractivity contribution in [1.29, 1.82) is 5.26 Å². The molecular weight excluding hydrogens is 176 g/mol. The summed E-state index contributed by atoms with van der Waals surface area (Å²) in [5, 5.41) is 7.40. The zero-order valence-electron chi connectivity index (χ0n) is 7.75. The highest BCUT2D eigenvalue weighted by molar-refractivity contribution is 7.90. The fraction of sp³-hybridized carbons (Fsp3) is 0.857. The van der Waals surface area contributed by atoms with Crippen molar-refractivity contribution in [3.05, 3.63) is 0 Å². The van der Waals surface area contributed by atoms with Gasteiger partial charge >= 0.3 is 0 Å². The van der Waals surface area contributed by atoms with Gasteiger partial charge < -0.3 is 0 Å². The van der Waals surface area contributed by atoms with E-state index in [4.69, 9.17) is 5.26 Å². The van der Waals surface area contributed by atoms with Gasteiger partial charge in [0.15, 0.2) is 5.25 Å². The zero-order valence-corrected chi connectivity index (χ0v) is 8.57. The lowest BCUT2D eigenvalue weighted by atomic mass is 10.1. The minimum absolute atomic E-state index is 0.524. The molecule has 0 saturated carbocycles. The Bertz CT molecular complexity index is 282. The van der Waals surface area contributed by atoms with Crippen LogP contribution in [-0.4, -0.2) is 19.2 Å².